The highest BCUT2D eigenvalue weighted by Gasteiger charge is 2.38. The van der Waals surface area contributed by atoms with E-state index in [9.17, 15) is 0 Å². The van der Waals surface area contributed by atoms with E-state index in [1.54, 1.807) is 7.11 Å². The zero-order chi connectivity index (χ0) is 15.7. The van der Waals surface area contributed by atoms with Crippen molar-refractivity contribution in [1.29, 1.82) is 0 Å². The molecule has 0 spiro atoms. The second kappa shape index (κ2) is 5.59. The molecule has 1 aliphatic heterocycles. The van der Waals surface area contributed by atoms with E-state index in [0.29, 0.717) is 5.11 Å². The van der Waals surface area contributed by atoms with E-state index in [2.05, 4.69) is 36.7 Å². The molecular formula is C17H19N3OS. The van der Waals surface area contributed by atoms with Gasteiger partial charge in [0.05, 0.1) is 12.8 Å². The van der Waals surface area contributed by atoms with Crippen LogP contribution in [0.2, 0.25) is 0 Å². The molecule has 5 heteroatoms. The van der Waals surface area contributed by atoms with Crippen LogP contribution in [0, 0.1) is 6.92 Å². The SMILES string of the molecule is COc1cccc([C@@]2(C)NC(=S)N(c3ccc(C)cc3)N2)c1. The average Bonchev–Trinajstić information content (AvgIpc) is 2.84. The van der Waals surface area contributed by atoms with Gasteiger partial charge in [0.25, 0.3) is 0 Å². The Morgan fingerprint density at radius 2 is 1.86 bits per heavy atom. The van der Waals surface area contributed by atoms with Gasteiger partial charge < -0.3 is 10.1 Å². The summed E-state index contributed by atoms with van der Waals surface area (Å²) in [5.74, 6) is 0.821. The first-order valence-corrected chi connectivity index (χ1v) is 7.54. The van der Waals surface area contributed by atoms with Crippen molar-refractivity contribution in [3.63, 3.8) is 0 Å². The van der Waals surface area contributed by atoms with E-state index in [1.807, 2.05) is 41.4 Å². The summed E-state index contributed by atoms with van der Waals surface area (Å²) >= 11 is 5.49. The molecule has 0 aromatic heterocycles. The van der Waals surface area contributed by atoms with Crippen LogP contribution in [0.5, 0.6) is 5.75 Å². The van der Waals surface area contributed by atoms with Crippen molar-refractivity contribution in [3.05, 3.63) is 59.7 Å². The van der Waals surface area contributed by atoms with Gasteiger partial charge in [-0.3, -0.25) is 0 Å². The van der Waals surface area contributed by atoms with Crippen molar-refractivity contribution in [2.75, 3.05) is 12.1 Å². The topological polar surface area (TPSA) is 36.5 Å². The number of nitrogens with zero attached hydrogens (tertiary/aromatic N) is 1. The summed E-state index contributed by atoms with van der Waals surface area (Å²) in [5, 5.41) is 5.90. The molecule has 0 aliphatic carbocycles. The number of ether oxygens (including phenoxy) is 1. The zero-order valence-corrected chi connectivity index (χ0v) is 13.7. The van der Waals surface area contributed by atoms with Gasteiger partial charge in [-0.1, -0.05) is 29.8 Å². The Hall–Kier alpha value is -2.11. The maximum Gasteiger partial charge on any atom is 0.190 e. The lowest BCUT2D eigenvalue weighted by Gasteiger charge is -2.26. The first kappa shape index (κ1) is 14.8. The van der Waals surface area contributed by atoms with Crippen LogP contribution in [-0.2, 0) is 5.66 Å². The number of hydrazine groups is 1. The average molecular weight is 313 g/mol. The summed E-state index contributed by atoms with van der Waals surface area (Å²) < 4.78 is 5.31. The quantitative estimate of drug-likeness (QED) is 0.852. The fourth-order valence-corrected chi connectivity index (χ4v) is 2.87. The number of hydrogen-bond acceptors (Lipinski definition) is 3. The summed E-state index contributed by atoms with van der Waals surface area (Å²) in [6.07, 6.45) is 0. The molecule has 4 nitrogen and oxygen atoms in total. The van der Waals surface area contributed by atoms with E-state index in [1.165, 1.54) is 5.56 Å². The number of methoxy groups -OCH3 is 1. The van der Waals surface area contributed by atoms with Gasteiger partial charge in [-0.25, -0.2) is 5.01 Å². The van der Waals surface area contributed by atoms with Crippen LogP contribution in [-0.4, -0.2) is 12.2 Å². The van der Waals surface area contributed by atoms with E-state index in [4.69, 9.17) is 17.0 Å². The van der Waals surface area contributed by atoms with Crippen molar-refractivity contribution >= 4 is 23.0 Å². The summed E-state index contributed by atoms with van der Waals surface area (Å²) in [6, 6.07) is 16.2. The van der Waals surface area contributed by atoms with Crippen LogP contribution >= 0.6 is 12.2 Å². The molecule has 0 amide bonds. The van der Waals surface area contributed by atoms with Crippen LogP contribution in [0.3, 0.4) is 0 Å². The normalized spacial score (nSPS) is 20.9. The third kappa shape index (κ3) is 2.65. The van der Waals surface area contributed by atoms with Gasteiger partial charge in [0.2, 0.25) is 0 Å². The minimum absolute atomic E-state index is 0.476. The fraction of sp³-hybridized carbons (Fsp3) is 0.235. The molecule has 0 saturated carbocycles. The minimum Gasteiger partial charge on any atom is -0.497 e. The number of thiocarbonyl (C=S) groups is 1. The molecule has 1 atom stereocenters. The molecule has 1 heterocycles. The van der Waals surface area contributed by atoms with E-state index in [0.717, 1.165) is 17.0 Å². The molecule has 0 bridgehead atoms. The standard InChI is InChI=1S/C17H19N3OS/c1-12-7-9-14(10-8-12)20-16(22)18-17(2,19-20)13-5-4-6-15(11-13)21-3/h4-11,19H,1-3H3,(H,18,22)/t17-/m0/s1. The molecule has 1 saturated heterocycles. The van der Waals surface area contributed by atoms with Gasteiger partial charge >= 0.3 is 0 Å². The molecule has 0 unspecified atom stereocenters. The van der Waals surface area contributed by atoms with Crippen LogP contribution in [0.4, 0.5) is 5.69 Å². The molecule has 114 valence electrons. The number of rotatable bonds is 3. The molecule has 2 N–H and O–H groups in total. The van der Waals surface area contributed by atoms with Crippen molar-refractivity contribution in [2.45, 2.75) is 19.5 Å². The molecule has 3 rings (SSSR count). The lowest BCUT2D eigenvalue weighted by molar-refractivity contribution is 0.381. The first-order valence-electron chi connectivity index (χ1n) is 7.13. The van der Waals surface area contributed by atoms with Gasteiger partial charge in [0.15, 0.2) is 5.11 Å². The predicted molar refractivity (Wildman–Crippen MR) is 92.9 cm³/mol. The number of anilines is 1. The Morgan fingerprint density at radius 3 is 2.55 bits per heavy atom. The number of aryl methyl sites for hydroxylation is 1. The van der Waals surface area contributed by atoms with Crippen LogP contribution < -0.4 is 20.5 Å². The van der Waals surface area contributed by atoms with E-state index in [-0.39, 0.29) is 0 Å². The first-order chi connectivity index (χ1) is 10.5. The Labute approximate surface area is 136 Å². The van der Waals surface area contributed by atoms with Crippen molar-refractivity contribution < 1.29 is 4.74 Å². The highest BCUT2D eigenvalue weighted by Crippen LogP contribution is 2.28. The predicted octanol–water partition coefficient (Wildman–Crippen LogP) is 3.08. The third-order valence-corrected chi connectivity index (χ3v) is 4.12. The summed E-state index contributed by atoms with van der Waals surface area (Å²) in [4.78, 5) is 0. The minimum atomic E-state index is -0.476. The maximum atomic E-state index is 5.49. The second-order valence-corrected chi connectivity index (χ2v) is 5.96. The lowest BCUT2D eigenvalue weighted by atomic mass is 10.0. The van der Waals surface area contributed by atoms with Gasteiger partial charge in [0, 0.05) is 0 Å². The van der Waals surface area contributed by atoms with Gasteiger partial charge in [-0.05, 0) is 55.9 Å². The largest absolute Gasteiger partial charge is 0.497 e. The van der Waals surface area contributed by atoms with Crippen molar-refractivity contribution in [1.82, 2.24) is 10.7 Å². The molecule has 0 radical (unpaired) electrons. The third-order valence-electron chi connectivity index (χ3n) is 3.83. The highest BCUT2D eigenvalue weighted by molar-refractivity contribution is 7.80. The van der Waals surface area contributed by atoms with Gasteiger partial charge in [-0.15, -0.1) is 0 Å². The van der Waals surface area contributed by atoms with E-state index < -0.39 is 5.66 Å². The monoisotopic (exact) mass is 313 g/mol. The maximum absolute atomic E-state index is 5.49. The molecule has 2 aromatic rings. The highest BCUT2D eigenvalue weighted by atomic mass is 32.1. The van der Waals surface area contributed by atoms with Crippen LogP contribution in [0.15, 0.2) is 48.5 Å². The van der Waals surface area contributed by atoms with Crippen LogP contribution in [0.1, 0.15) is 18.1 Å². The van der Waals surface area contributed by atoms with Gasteiger partial charge in [0.1, 0.15) is 11.4 Å². The Morgan fingerprint density at radius 1 is 1.14 bits per heavy atom. The second-order valence-electron chi connectivity index (χ2n) is 5.57. The number of benzene rings is 2. The van der Waals surface area contributed by atoms with Crippen molar-refractivity contribution in [2.24, 2.45) is 0 Å². The number of nitrogens with one attached hydrogen (secondary N) is 2. The molecular weight excluding hydrogens is 294 g/mol. The Bertz CT molecular complexity index is 701. The number of hydrogen-bond donors (Lipinski definition) is 2. The molecule has 1 aliphatic rings. The Kier molecular flexibility index (Phi) is 3.76. The summed E-state index contributed by atoms with van der Waals surface area (Å²) in [7, 11) is 1.67. The van der Waals surface area contributed by atoms with E-state index >= 15 is 0 Å². The smallest absolute Gasteiger partial charge is 0.190 e. The molecule has 2 aromatic carbocycles. The summed E-state index contributed by atoms with van der Waals surface area (Å²) in [5.41, 5.74) is 6.26. The van der Waals surface area contributed by atoms with Crippen LogP contribution in [0.25, 0.3) is 0 Å². The summed E-state index contributed by atoms with van der Waals surface area (Å²) in [6.45, 7) is 4.13. The lowest BCUT2D eigenvalue weighted by Crippen LogP contribution is -2.45. The molecule has 22 heavy (non-hydrogen) atoms. The Balaban J connectivity index is 1.90. The fourth-order valence-electron chi connectivity index (χ4n) is 2.52. The zero-order valence-electron chi connectivity index (χ0n) is 12.9. The molecule has 1 fully saturated rings. The van der Waals surface area contributed by atoms with Crippen molar-refractivity contribution in [3.8, 4) is 5.75 Å². The van der Waals surface area contributed by atoms with Gasteiger partial charge in [-0.2, -0.15) is 5.43 Å².